The fraction of sp³-hybridized carbons (Fsp3) is 0.292. The van der Waals surface area contributed by atoms with Crippen molar-refractivity contribution in [1.82, 2.24) is 14.9 Å². The van der Waals surface area contributed by atoms with Crippen molar-refractivity contribution in [2.24, 2.45) is 0 Å². The summed E-state index contributed by atoms with van der Waals surface area (Å²) in [5.41, 5.74) is 1.54. The summed E-state index contributed by atoms with van der Waals surface area (Å²) in [6.45, 7) is 1.74. The maximum Gasteiger partial charge on any atom is 0.248 e. The van der Waals surface area contributed by atoms with Crippen LogP contribution in [0.5, 0.6) is 5.75 Å². The van der Waals surface area contributed by atoms with E-state index in [9.17, 15) is 9.18 Å². The zero-order chi connectivity index (χ0) is 24.1. The number of hydrogen-bond acceptors (Lipinski definition) is 7. The van der Waals surface area contributed by atoms with E-state index in [1.54, 1.807) is 24.3 Å². The molecule has 1 amide bonds. The largest absolute Gasteiger partial charge is 0.486 e. The molecule has 0 aliphatic carbocycles. The van der Waals surface area contributed by atoms with Gasteiger partial charge in [0, 0.05) is 36.2 Å². The number of likely N-dealkylation sites (N-methyl/N-ethyl adjacent to an activating group) is 1. The van der Waals surface area contributed by atoms with E-state index in [1.165, 1.54) is 24.5 Å². The number of ether oxygens (including phenoxy) is 2. The predicted octanol–water partition coefficient (Wildman–Crippen LogP) is 4.39. The summed E-state index contributed by atoms with van der Waals surface area (Å²) in [6.07, 6.45) is 5.29. The summed E-state index contributed by atoms with van der Waals surface area (Å²) in [6, 6.07) is 7.89. The second-order valence-corrected chi connectivity index (χ2v) is 8.51. The van der Waals surface area contributed by atoms with Crippen LogP contribution in [0, 0.1) is 5.82 Å². The number of halogens is 2. The van der Waals surface area contributed by atoms with Crippen molar-refractivity contribution in [2.75, 3.05) is 44.5 Å². The molecule has 1 unspecified atom stereocenters. The van der Waals surface area contributed by atoms with Crippen molar-refractivity contribution in [3.05, 3.63) is 59.7 Å². The van der Waals surface area contributed by atoms with Crippen LogP contribution in [0.2, 0.25) is 5.02 Å². The molecule has 0 bridgehead atoms. The van der Waals surface area contributed by atoms with Gasteiger partial charge in [0.1, 0.15) is 29.8 Å². The van der Waals surface area contributed by atoms with Crippen LogP contribution >= 0.6 is 11.6 Å². The molecule has 1 fully saturated rings. The van der Waals surface area contributed by atoms with Gasteiger partial charge in [0.25, 0.3) is 0 Å². The minimum Gasteiger partial charge on any atom is -0.486 e. The minimum absolute atomic E-state index is 0.0306. The molecule has 1 aliphatic heterocycles. The summed E-state index contributed by atoms with van der Waals surface area (Å²) in [7, 11) is 3.84. The van der Waals surface area contributed by atoms with Crippen molar-refractivity contribution in [2.45, 2.75) is 12.5 Å². The lowest BCUT2D eigenvalue weighted by molar-refractivity contribution is -0.111. The SMILES string of the molecule is CN(C)C/C=C/C(=O)Nc1cc2c(Nc3ccc(Cl)c(F)c3)ncnc2cc1OC1CCOC1. The van der Waals surface area contributed by atoms with Crippen LogP contribution in [-0.2, 0) is 9.53 Å². The molecule has 1 saturated heterocycles. The zero-order valence-electron chi connectivity index (χ0n) is 18.8. The van der Waals surface area contributed by atoms with Gasteiger partial charge in [-0.3, -0.25) is 4.79 Å². The maximum absolute atomic E-state index is 13.9. The third-order valence-corrected chi connectivity index (χ3v) is 5.40. The first kappa shape index (κ1) is 23.9. The summed E-state index contributed by atoms with van der Waals surface area (Å²) in [5, 5.41) is 6.64. The average molecular weight is 486 g/mol. The van der Waals surface area contributed by atoms with Gasteiger partial charge in [-0.2, -0.15) is 0 Å². The van der Waals surface area contributed by atoms with Gasteiger partial charge in [-0.15, -0.1) is 0 Å². The first-order chi connectivity index (χ1) is 16.4. The number of carbonyl (C=O) groups is 1. The highest BCUT2D eigenvalue weighted by molar-refractivity contribution is 6.30. The van der Waals surface area contributed by atoms with Gasteiger partial charge in [-0.1, -0.05) is 17.7 Å². The van der Waals surface area contributed by atoms with Gasteiger partial charge in [0.2, 0.25) is 5.91 Å². The van der Waals surface area contributed by atoms with Gasteiger partial charge in [-0.25, -0.2) is 14.4 Å². The number of nitrogens with zero attached hydrogens (tertiary/aromatic N) is 3. The molecule has 2 heterocycles. The fourth-order valence-electron chi connectivity index (χ4n) is 3.42. The molecule has 34 heavy (non-hydrogen) atoms. The number of anilines is 3. The smallest absolute Gasteiger partial charge is 0.248 e. The minimum atomic E-state index is -0.544. The van der Waals surface area contributed by atoms with Crippen LogP contribution in [-0.4, -0.2) is 60.7 Å². The highest BCUT2D eigenvalue weighted by Gasteiger charge is 2.20. The summed E-state index contributed by atoms with van der Waals surface area (Å²) < 4.78 is 25.5. The molecular formula is C24H25ClFN5O3. The number of fused-ring (bicyclic) bond motifs is 1. The zero-order valence-corrected chi connectivity index (χ0v) is 19.6. The molecule has 2 N–H and O–H groups in total. The van der Waals surface area contributed by atoms with Crippen LogP contribution in [0.25, 0.3) is 10.9 Å². The lowest BCUT2D eigenvalue weighted by Crippen LogP contribution is -2.18. The van der Waals surface area contributed by atoms with Gasteiger partial charge < -0.3 is 25.0 Å². The lowest BCUT2D eigenvalue weighted by atomic mass is 10.1. The number of carbonyl (C=O) groups excluding carboxylic acids is 1. The quantitative estimate of drug-likeness (QED) is 0.457. The third kappa shape index (κ3) is 5.99. The second-order valence-electron chi connectivity index (χ2n) is 8.10. The Morgan fingerprint density at radius 2 is 2.18 bits per heavy atom. The van der Waals surface area contributed by atoms with Crippen molar-refractivity contribution >= 4 is 45.6 Å². The van der Waals surface area contributed by atoms with Crippen LogP contribution in [0.3, 0.4) is 0 Å². The van der Waals surface area contributed by atoms with Crippen molar-refractivity contribution in [3.8, 4) is 5.75 Å². The van der Waals surface area contributed by atoms with Crippen molar-refractivity contribution in [3.63, 3.8) is 0 Å². The number of aromatic nitrogens is 2. The molecule has 8 nitrogen and oxygen atoms in total. The number of benzene rings is 2. The topological polar surface area (TPSA) is 88.6 Å². The predicted molar refractivity (Wildman–Crippen MR) is 130 cm³/mol. The Balaban J connectivity index is 1.68. The number of hydrogen-bond donors (Lipinski definition) is 2. The Morgan fingerprint density at radius 1 is 1.32 bits per heavy atom. The van der Waals surface area contributed by atoms with E-state index in [0.717, 1.165) is 6.42 Å². The first-order valence-corrected chi connectivity index (χ1v) is 11.1. The maximum atomic E-state index is 13.9. The number of amides is 1. The summed E-state index contributed by atoms with van der Waals surface area (Å²) in [4.78, 5) is 23.2. The average Bonchev–Trinajstić information content (AvgIpc) is 3.30. The van der Waals surface area contributed by atoms with Crippen molar-refractivity contribution in [1.29, 1.82) is 0 Å². The summed E-state index contributed by atoms with van der Waals surface area (Å²) in [5.74, 6) is 0.0949. The fourth-order valence-corrected chi connectivity index (χ4v) is 3.54. The molecule has 0 spiro atoms. The molecule has 4 rings (SSSR count). The van der Waals surface area contributed by atoms with Crippen LogP contribution in [0.15, 0.2) is 48.8 Å². The summed E-state index contributed by atoms with van der Waals surface area (Å²) >= 11 is 5.79. The Hall–Kier alpha value is -3.27. The Bertz CT molecular complexity index is 1210. The molecule has 2 aromatic carbocycles. The molecule has 3 aromatic rings. The van der Waals surface area contributed by atoms with E-state index in [0.29, 0.717) is 53.6 Å². The monoisotopic (exact) mass is 485 g/mol. The first-order valence-electron chi connectivity index (χ1n) is 10.8. The molecule has 178 valence electrons. The molecular weight excluding hydrogens is 461 g/mol. The highest BCUT2D eigenvalue weighted by Crippen LogP contribution is 2.35. The molecule has 1 atom stereocenters. The molecule has 1 aliphatic rings. The Kier molecular flexibility index (Phi) is 7.56. The van der Waals surface area contributed by atoms with Crippen LogP contribution in [0.1, 0.15) is 6.42 Å². The van der Waals surface area contributed by atoms with Crippen LogP contribution in [0.4, 0.5) is 21.6 Å². The number of rotatable bonds is 8. The van der Waals surface area contributed by atoms with Crippen LogP contribution < -0.4 is 15.4 Å². The van der Waals surface area contributed by atoms with Crippen molar-refractivity contribution < 1.29 is 18.7 Å². The van der Waals surface area contributed by atoms with E-state index < -0.39 is 5.82 Å². The molecule has 0 radical (unpaired) electrons. The second kappa shape index (κ2) is 10.8. The third-order valence-electron chi connectivity index (χ3n) is 5.10. The lowest BCUT2D eigenvalue weighted by Gasteiger charge is -2.17. The molecule has 0 saturated carbocycles. The Labute approximate surface area is 201 Å². The normalized spacial score (nSPS) is 15.9. The van der Waals surface area contributed by atoms with Gasteiger partial charge >= 0.3 is 0 Å². The van der Waals surface area contributed by atoms with E-state index >= 15 is 0 Å². The molecule has 1 aromatic heterocycles. The van der Waals surface area contributed by atoms with E-state index in [-0.39, 0.29) is 17.0 Å². The number of nitrogens with one attached hydrogen (secondary N) is 2. The van der Waals surface area contributed by atoms with Gasteiger partial charge in [0.15, 0.2) is 0 Å². The van der Waals surface area contributed by atoms with E-state index in [4.69, 9.17) is 21.1 Å². The van der Waals surface area contributed by atoms with E-state index in [2.05, 4.69) is 20.6 Å². The Morgan fingerprint density at radius 3 is 2.91 bits per heavy atom. The van der Waals surface area contributed by atoms with Gasteiger partial charge in [-0.05, 0) is 38.4 Å². The van der Waals surface area contributed by atoms with E-state index in [1.807, 2.05) is 19.0 Å². The standard InChI is InChI=1S/C24H25ClFN5O3/c1-31(2)8-3-4-23(32)30-21-11-17-20(12-22(21)34-16-7-9-33-13-16)27-14-28-24(17)29-15-5-6-18(25)19(26)10-15/h3-6,10-12,14,16H,7-9,13H2,1-2H3,(H,30,32)(H,27,28,29)/b4-3+. The highest BCUT2D eigenvalue weighted by atomic mass is 35.5. The molecule has 10 heteroatoms. The van der Waals surface area contributed by atoms with Gasteiger partial charge in [0.05, 0.1) is 29.4 Å².